The van der Waals surface area contributed by atoms with Crippen molar-refractivity contribution in [2.75, 3.05) is 25.4 Å². The molecule has 0 bridgehead atoms. The van der Waals surface area contributed by atoms with Crippen LogP contribution in [-0.4, -0.2) is 34.5 Å². The van der Waals surface area contributed by atoms with E-state index in [0.29, 0.717) is 5.82 Å². The van der Waals surface area contributed by atoms with Gasteiger partial charge in [-0.2, -0.15) is 0 Å². The molecule has 132 valence electrons. The molecule has 1 atom stereocenters. The smallest absolute Gasteiger partial charge is 0.146 e. The lowest BCUT2D eigenvalue weighted by atomic mass is 9.90. The van der Waals surface area contributed by atoms with Crippen molar-refractivity contribution in [2.45, 2.75) is 45.6 Å². The SMILES string of the molecule is CC1(CN)CCN(Cc2nc(N)c3c4c(sc3n2)CCCC4)C1.Cl. The number of anilines is 1. The van der Waals surface area contributed by atoms with Crippen molar-refractivity contribution >= 4 is 39.8 Å². The van der Waals surface area contributed by atoms with E-state index in [1.54, 1.807) is 0 Å². The van der Waals surface area contributed by atoms with Crippen LogP contribution in [0.3, 0.4) is 0 Å². The molecular weight excluding hydrogens is 342 g/mol. The molecule has 0 spiro atoms. The van der Waals surface area contributed by atoms with E-state index in [9.17, 15) is 0 Å². The average Bonchev–Trinajstić information content (AvgIpc) is 3.08. The highest BCUT2D eigenvalue weighted by Crippen LogP contribution is 2.38. The largest absolute Gasteiger partial charge is 0.383 e. The van der Waals surface area contributed by atoms with Gasteiger partial charge in [-0.05, 0) is 56.2 Å². The highest BCUT2D eigenvalue weighted by atomic mass is 35.5. The summed E-state index contributed by atoms with van der Waals surface area (Å²) in [5.74, 6) is 1.53. The molecule has 4 N–H and O–H groups in total. The second-order valence-electron chi connectivity index (χ2n) is 7.39. The number of nitrogen functional groups attached to an aromatic ring is 1. The summed E-state index contributed by atoms with van der Waals surface area (Å²) in [4.78, 5) is 14.4. The summed E-state index contributed by atoms with van der Waals surface area (Å²) in [6.45, 7) is 5.86. The van der Waals surface area contributed by atoms with Gasteiger partial charge in [0.15, 0.2) is 0 Å². The molecule has 7 heteroatoms. The lowest BCUT2D eigenvalue weighted by Crippen LogP contribution is -2.31. The molecule has 1 fully saturated rings. The Morgan fingerprint density at radius 2 is 2.04 bits per heavy atom. The fourth-order valence-electron chi connectivity index (χ4n) is 3.93. The molecule has 1 saturated heterocycles. The molecule has 24 heavy (non-hydrogen) atoms. The van der Waals surface area contributed by atoms with Gasteiger partial charge in [0.2, 0.25) is 0 Å². The highest BCUT2D eigenvalue weighted by molar-refractivity contribution is 7.19. The van der Waals surface area contributed by atoms with Crippen LogP contribution in [0.15, 0.2) is 0 Å². The normalized spacial score (nSPS) is 24.1. The van der Waals surface area contributed by atoms with Crippen LogP contribution in [0, 0.1) is 5.41 Å². The molecule has 2 aromatic heterocycles. The Morgan fingerprint density at radius 1 is 1.25 bits per heavy atom. The Morgan fingerprint density at radius 3 is 2.79 bits per heavy atom. The van der Waals surface area contributed by atoms with Gasteiger partial charge in [-0.3, -0.25) is 4.90 Å². The van der Waals surface area contributed by atoms with Gasteiger partial charge in [0.05, 0.1) is 11.9 Å². The van der Waals surface area contributed by atoms with E-state index in [4.69, 9.17) is 16.5 Å². The van der Waals surface area contributed by atoms with Crippen LogP contribution in [0.25, 0.3) is 10.2 Å². The third-order valence-corrected chi connectivity index (χ3v) is 6.57. The third-order valence-electron chi connectivity index (χ3n) is 5.38. The maximum absolute atomic E-state index is 6.30. The Bertz CT molecular complexity index is 746. The number of hydrogen-bond acceptors (Lipinski definition) is 6. The summed E-state index contributed by atoms with van der Waals surface area (Å²) in [6.07, 6.45) is 5.99. The van der Waals surface area contributed by atoms with Crippen molar-refractivity contribution in [3.63, 3.8) is 0 Å². The van der Waals surface area contributed by atoms with Crippen molar-refractivity contribution in [1.29, 1.82) is 0 Å². The molecule has 1 aliphatic heterocycles. The first-order valence-electron chi connectivity index (χ1n) is 8.57. The van der Waals surface area contributed by atoms with Crippen molar-refractivity contribution < 1.29 is 0 Å². The van der Waals surface area contributed by atoms with Crippen LogP contribution >= 0.6 is 23.7 Å². The zero-order chi connectivity index (χ0) is 16.0. The van der Waals surface area contributed by atoms with E-state index in [1.165, 1.54) is 29.7 Å². The molecule has 4 rings (SSSR count). The van der Waals surface area contributed by atoms with Gasteiger partial charge in [0, 0.05) is 11.4 Å². The van der Waals surface area contributed by atoms with Crippen LogP contribution in [0.1, 0.15) is 42.5 Å². The molecule has 1 unspecified atom stereocenters. The second-order valence-corrected chi connectivity index (χ2v) is 8.48. The number of fused-ring (bicyclic) bond motifs is 3. The lowest BCUT2D eigenvalue weighted by Gasteiger charge is -2.22. The Hall–Kier alpha value is -0.950. The molecule has 0 saturated carbocycles. The summed E-state index contributed by atoms with van der Waals surface area (Å²) in [5, 5.41) is 1.13. The summed E-state index contributed by atoms with van der Waals surface area (Å²) >= 11 is 1.82. The number of aryl methyl sites for hydroxylation is 2. The predicted molar refractivity (Wildman–Crippen MR) is 103 cm³/mol. The summed E-state index contributed by atoms with van der Waals surface area (Å²) < 4.78 is 0. The van der Waals surface area contributed by atoms with E-state index < -0.39 is 0 Å². The van der Waals surface area contributed by atoms with E-state index in [-0.39, 0.29) is 17.8 Å². The standard InChI is InChI=1S/C17H25N5S.ClH/c1-17(9-18)6-7-22(10-17)8-13-20-15(19)14-11-4-2-3-5-12(11)23-16(14)21-13;/h2-10,18H2,1H3,(H2,19,20,21);1H. The molecule has 0 aromatic carbocycles. The number of hydrogen-bond donors (Lipinski definition) is 2. The number of thiophene rings is 1. The number of nitrogens with two attached hydrogens (primary N) is 2. The Labute approximate surface area is 153 Å². The first-order chi connectivity index (χ1) is 11.1. The fourth-order valence-corrected chi connectivity index (χ4v) is 5.22. The van der Waals surface area contributed by atoms with Crippen LogP contribution in [0.2, 0.25) is 0 Å². The summed E-state index contributed by atoms with van der Waals surface area (Å²) in [5.41, 5.74) is 13.8. The molecular formula is C17H26ClN5S. The molecule has 0 amide bonds. The van der Waals surface area contributed by atoms with Crippen molar-refractivity contribution in [3.8, 4) is 0 Å². The first-order valence-corrected chi connectivity index (χ1v) is 9.39. The number of likely N-dealkylation sites (tertiary alicyclic amines) is 1. The topological polar surface area (TPSA) is 81.1 Å². The van der Waals surface area contributed by atoms with E-state index in [2.05, 4.69) is 16.8 Å². The van der Waals surface area contributed by atoms with E-state index >= 15 is 0 Å². The van der Waals surface area contributed by atoms with E-state index in [1.807, 2.05) is 11.3 Å². The van der Waals surface area contributed by atoms with Gasteiger partial charge in [-0.15, -0.1) is 23.7 Å². The number of nitrogens with zero attached hydrogens (tertiary/aromatic N) is 3. The lowest BCUT2D eigenvalue weighted by molar-refractivity contribution is 0.270. The molecule has 2 aliphatic rings. The predicted octanol–water partition coefficient (Wildman–Crippen LogP) is 2.74. The Balaban J connectivity index is 0.00000169. The van der Waals surface area contributed by atoms with Crippen LogP contribution in [-0.2, 0) is 19.4 Å². The van der Waals surface area contributed by atoms with Crippen molar-refractivity contribution in [1.82, 2.24) is 14.9 Å². The van der Waals surface area contributed by atoms with Gasteiger partial charge in [-0.1, -0.05) is 6.92 Å². The number of aromatic nitrogens is 2. The molecule has 3 heterocycles. The van der Waals surface area contributed by atoms with Gasteiger partial charge in [-0.25, -0.2) is 9.97 Å². The monoisotopic (exact) mass is 367 g/mol. The zero-order valence-corrected chi connectivity index (χ0v) is 15.8. The zero-order valence-electron chi connectivity index (χ0n) is 14.2. The molecule has 0 radical (unpaired) electrons. The van der Waals surface area contributed by atoms with Crippen LogP contribution in [0.5, 0.6) is 0 Å². The minimum absolute atomic E-state index is 0. The number of halogens is 1. The minimum Gasteiger partial charge on any atom is -0.383 e. The summed E-state index contributed by atoms with van der Waals surface area (Å²) in [6, 6.07) is 0. The quantitative estimate of drug-likeness (QED) is 0.871. The second kappa shape index (κ2) is 6.75. The van der Waals surface area contributed by atoms with Gasteiger partial charge < -0.3 is 11.5 Å². The molecule has 5 nitrogen and oxygen atoms in total. The van der Waals surface area contributed by atoms with Crippen LogP contribution in [0.4, 0.5) is 5.82 Å². The van der Waals surface area contributed by atoms with E-state index in [0.717, 1.165) is 55.1 Å². The highest BCUT2D eigenvalue weighted by Gasteiger charge is 2.32. The van der Waals surface area contributed by atoms with Crippen LogP contribution < -0.4 is 11.5 Å². The van der Waals surface area contributed by atoms with Gasteiger partial charge >= 0.3 is 0 Å². The average molecular weight is 368 g/mol. The molecule has 1 aliphatic carbocycles. The number of rotatable bonds is 3. The Kier molecular flexibility index (Phi) is 5.02. The summed E-state index contributed by atoms with van der Waals surface area (Å²) in [7, 11) is 0. The van der Waals surface area contributed by atoms with Gasteiger partial charge in [0.25, 0.3) is 0 Å². The maximum Gasteiger partial charge on any atom is 0.146 e. The molecule has 2 aromatic rings. The first kappa shape index (κ1) is 17.9. The van der Waals surface area contributed by atoms with Crippen molar-refractivity contribution in [3.05, 3.63) is 16.3 Å². The fraction of sp³-hybridized carbons (Fsp3) is 0.647. The maximum atomic E-state index is 6.30. The minimum atomic E-state index is 0. The van der Waals surface area contributed by atoms with Crippen molar-refractivity contribution in [2.24, 2.45) is 11.1 Å². The third kappa shape index (κ3) is 3.12. The van der Waals surface area contributed by atoms with Gasteiger partial charge in [0.1, 0.15) is 16.5 Å².